The molecule has 0 radical (unpaired) electrons. The largest absolute Gasteiger partial charge is 0.411 e. The smallest absolute Gasteiger partial charge is 0.277 e. The minimum absolute atomic E-state index is 0.0439. The molecule has 2 aromatic heterocycles. The van der Waals surface area contributed by atoms with Crippen molar-refractivity contribution in [2.45, 2.75) is 17.4 Å². The second-order valence-electron chi connectivity index (χ2n) is 7.65. The summed E-state index contributed by atoms with van der Waals surface area (Å²) in [6.45, 7) is 4.20. The lowest BCUT2D eigenvalue weighted by atomic mass is 10.0. The van der Waals surface area contributed by atoms with Gasteiger partial charge in [-0.25, -0.2) is 4.98 Å². The number of benzene rings is 2. The highest BCUT2D eigenvalue weighted by molar-refractivity contribution is 8.00. The van der Waals surface area contributed by atoms with Gasteiger partial charge in [0.15, 0.2) is 0 Å². The van der Waals surface area contributed by atoms with E-state index in [0.29, 0.717) is 42.4 Å². The number of carbonyl (C=O) groups excluding carboxylic acids is 1. The molecule has 1 aliphatic heterocycles. The summed E-state index contributed by atoms with van der Waals surface area (Å²) < 4.78 is 11.3. The number of aromatic nitrogens is 3. The molecule has 0 aliphatic carbocycles. The maximum absolute atomic E-state index is 12.7. The summed E-state index contributed by atoms with van der Waals surface area (Å²) in [5.74, 6) is 0.430. The molecule has 1 saturated heterocycles. The van der Waals surface area contributed by atoms with Crippen LogP contribution >= 0.6 is 23.4 Å². The fourth-order valence-electron chi connectivity index (χ4n) is 3.73. The van der Waals surface area contributed by atoms with Gasteiger partial charge in [-0.1, -0.05) is 53.7 Å². The molecule has 0 N–H and O–H groups in total. The van der Waals surface area contributed by atoms with Crippen molar-refractivity contribution in [2.75, 3.05) is 26.3 Å². The van der Waals surface area contributed by atoms with Crippen molar-refractivity contribution in [1.82, 2.24) is 20.1 Å². The van der Waals surface area contributed by atoms with Crippen molar-refractivity contribution in [3.8, 4) is 22.7 Å². The molecule has 7 nitrogen and oxygen atoms in total. The Morgan fingerprint density at radius 2 is 1.85 bits per heavy atom. The molecule has 4 aromatic rings. The van der Waals surface area contributed by atoms with Crippen molar-refractivity contribution in [1.29, 1.82) is 0 Å². The number of ether oxygens (including phenoxy) is 1. The van der Waals surface area contributed by atoms with Gasteiger partial charge in [0.05, 0.1) is 35.2 Å². The first kappa shape index (κ1) is 21.9. The number of pyridine rings is 1. The molecule has 3 heterocycles. The summed E-state index contributed by atoms with van der Waals surface area (Å²) in [7, 11) is 0. The number of rotatable bonds is 5. The highest BCUT2D eigenvalue weighted by Crippen LogP contribution is 2.34. The lowest BCUT2D eigenvalue weighted by molar-refractivity contribution is -0.134. The van der Waals surface area contributed by atoms with E-state index in [1.165, 1.54) is 11.8 Å². The van der Waals surface area contributed by atoms with Crippen LogP contribution in [0.4, 0.5) is 0 Å². The van der Waals surface area contributed by atoms with E-state index in [0.717, 1.165) is 27.7 Å². The standard InChI is InChI=1S/C24H21ClN4O3S/c1-15(23(30)29-10-12-31-13-11-29)33-24-28-27-22(32-24)19-14-21(16-6-8-17(25)9-7-16)26-20-5-3-2-4-18(19)20/h2-9,14-15H,10-13H2,1H3/t15-/m0/s1. The van der Waals surface area contributed by atoms with Gasteiger partial charge in [-0.15, -0.1) is 10.2 Å². The van der Waals surface area contributed by atoms with Gasteiger partial charge in [0.25, 0.3) is 5.22 Å². The molecule has 1 fully saturated rings. The Hall–Kier alpha value is -2.94. The third-order valence-electron chi connectivity index (χ3n) is 5.44. The van der Waals surface area contributed by atoms with Crippen LogP contribution in [0.5, 0.6) is 0 Å². The highest BCUT2D eigenvalue weighted by atomic mass is 35.5. The Bertz CT molecular complexity index is 1290. The number of hydrogen-bond donors (Lipinski definition) is 0. The van der Waals surface area contributed by atoms with E-state index >= 15 is 0 Å². The summed E-state index contributed by atoms with van der Waals surface area (Å²) in [5.41, 5.74) is 3.33. The normalized spacial score (nSPS) is 15.0. The highest BCUT2D eigenvalue weighted by Gasteiger charge is 2.25. The van der Waals surface area contributed by atoms with Gasteiger partial charge in [0, 0.05) is 29.1 Å². The Morgan fingerprint density at radius 3 is 2.64 bits per heavy atom. The number of hydrogen-bond acceptors (Lipinski definition) is 7. The zero-order valence-electron chi connectivity index (χ0n) is 17.9. The van der Waals surface area contributed by atoms with E-state index in [2.05, 4.69) is 10.2 Å². The summed E-state index contributed by atoms with van der Waals surface area (Å²) in [5, 5.41) is 10.1. The predicted octanol–water partition coefficient (Wildman–Crippen LogP) is 4.94. The Balaban J connectivity index is 1.44. The van der Waals surface area contributed by atoms with E-state index in [1.807, 2.05) is 66.4 Å². The third-order valence-corrected chi connectivity index (χ3v) is 6.61. The minimum Gasteiger partial charge on any atom is -0.411 e. The second-order valence-corrected chi connectivity index (χ2v) is 9.38. The summed E-state index contributed by atoms with van der Waals surface area (Å²) in [6, 6.07) is 17.3. The van der Waals surface area contributed by atoms with Crippen molar-refractivity contribution < 1.29 is 13.9 Å². The zero-order chi connectivity index (χ0) is 22.8. The van der Waals surface area contributed by atoms with Gasteiger partial charge in [0.1, 0.15) is 0 Å². The molecule has 1 aliphatic rings. The maximum atomic E-state index is 12.7. The van der Waals surface area contributed by atoms with Crippen LogP contribution in [0.1, 0.15) is 6.92 Å². The lowest BCUT2D eigenvalue weighted by Crippen LogP contribution is -2.44. The van der Waals surface area contributed by atoms with Crippen molar-refractivity contribution >= 4 is 40.2 Å². The SMILES string of the molecule is C[C@H](Sc1nnc(-c2cc(-c3ccc(Cl)cc3)nc3ccccc23)o1)C(=O)N1CCOCC1. The molecular weight excluding hydrogens is 460 g/mol. The number of halogens is 1. The number of morpholine rings is 1. The molecule has 1 amide bonds. The van der Waals surface area contributed by atoms with Crippen molar-refractivity contribution in [2.24, 2.45) is 0 Å². The topological polar surface area (TPSA) is 81.3 Å². The molecule has 168 valence electrons. The van der Waals surface area contributed by atoms with Crippen molar-refractivity contribution in [3.63, 3.8) is 0 Å². The number of para-hydroxylation sites is 1. The number of thioether (sulfide) groups is 1. The fourth-order valence-corrected chi connectivity index (χ4v) is 4.62. The minimum atomic E-state index is -0.338. The average Bonchev–Trinajstić information content (AvgIpc) is 3.32. The fraction of sp³-hybridized carbons (Fsp3) is 0.250. The van der Waals surface area contributed by atoms with E-state index < -0.39 is 0 Å². The van der Waals surface area contributed by atoms with Gasteiger partial charge in [-0.3, -0.25) is 4.79 Å². The lowest BCUT2D eigenvalue weighted by Gasteiger charge is -2.28. The summed E-state index contributed by atoms with van der Waals surface area (Å²) in [6.07, 6.45) is 0. The third kappa shape index (κ3) is 4.73. The molecular formula is C24H21ClN4O3S. The molecule has 0 bridgehead atoms. The van der Waals surface area contributed by atoms with Gasteiger partial charge in [-0.05, 0) is 31.2 Å². The second kappa shape index (κ2) is 9.51. The monoisotopic (exact) mass is 480 g/mol. The van der Waals surface area contributed by atoms with E-state index in [-0.39, 0.29) is 11.2 Å². The van der Waals surface area contributed by atoms with Gasteiger partial charge < -0.3 is 14.1 Å². The molecule has 1 atom stereocenters. The Kier molecular flexibility index (Phi) is 6.30. The van der Waals surface area contributed by atoms with Crippen LogP contribution in [0.15, 0.2) is 64.2 Å². The number of amides is 1. The molecule has 5 rings (SSSR count). The molecule has 2 aromatic carbocycles. The van der Waals surface area contributed by atoms with Crippen LogP contribution in [0.2, 0.25) is 5.02 Å². The molecule has 0 saturated carbocycles. The van der Waals surface area contributed by atoms with Gasteiger partial charge in [0.2, 0.25) is 11.8 Å². The van der Waals surface area contributed by atoms with Crippen LogP contribution in [0.3, 0.4) is 0 Å². The molecule has 0 spiro atoms. The zero-order valence-corrected chi connectivity index (χ0v) is 19.5. The van der Waals surface area contributed by atoms with Gasteiger partial charge in [-0.2, -0.15) is 0 Å². The van der Waals surface area contributed by atoms with Crippen LogP contribution < -0.4 is 0 Å². The van der Waals surface area contributed by atoms with E-state index in [1.54, 1.807) is 0 Å². The van der Waals surface area contributed by atoms with E-state index in [9.17, 15) is 4.79 Å². The predicted molar refractivity (Wildman–Crippen MR) is 128 cm³/mol. The van der Waals surface area contributed by atoms with Crippen LogP contribution in [-0.4, -0.2) is 57.5 Å². The number of fused-ring (bicyclic) bond motifs is 1. The van der Waals surface area contributed by atoms with Crippen molar-refractivity contribution in [3.05, 3.63) is 59.6 Å². The summed E-state index contributed by atoms with van der Waals surface area (Å²) in [4.78, 5) is 19.3. The van der Waals surface area contributed by atoms with Crippen LogP contribution in [0.25, 0.3) is 33.6 Å². The van der Waals surface area contributed by atoms with Crippen LogP contribution in [-0.2, 0) is 9.53 Å². The van der Waals surface area contributed by atoms with Crippen LogP contribution in [0, 0.1) is 0 Å². The first-order valence-corrected chi connectivity index (χ1v) is 11.9. The maximum Gasteiger partial charge on any atom is 0.277 e. The Labute approximate surface area is 200 Å². The number of carbonyl (C=O) groups is 1. The Morgan fingerprint density at radius 1 is 1.09 bits per heavy atom. The number of nitrogens with zero attached hydrogens (tertiary/aromatic N) is 4. The average molecular weight is 481 g/mol. The molecule has 9 heteroatoms. The van der Waals surface area contributed by atoms with E-state index in [4.69, 9.17) is 25.7 Å². The van der Waals surface area contributed by atoms with Gasteiger partial charge >= 0.3 is 0 Å². The quantitative estimate of drug-likeness (QED) is 0.374. The first-order valence-electron chi connectivity index (χ1n) is 10.6. The molecule has 0 unspecified atom stereocenters. The summed E-state index contributed by atoms with van der Waals surface area (Å²) >= 11 is 7.31. The first-order chi connectivity index (χ1) is 16.1. The molecule has 33 heavy (non-hydrogen) atoms.